The van der Waals surface area contributed by atoms with Crippen LogP contribution in [-0.2, 0) is 16.6 Å². The lowest BCUT2D eigenvalue weighted by molar-refractivity contribution is -0.133. The number of carbonyl (C=O) groups excluding carboxylic acids is 1. The van der Waals surface area contributed by atoms with Crippen LogP contribution in [0, 0.1) is 0 Å². The van der Waals surface area contributed by atoms with Crippen LogP contribution in [0.1, 0.15) is 5.69 Å². The van der Waals surface area contributed by atoms with Crippen molar-refractivity contribution in [1.29, 1.82) is 0 Å². The van der Waals surface area contributed by atoms with Crippen LogP contribution in [0.15, 0.2) is 30.9 Å². The lowest BCUT2D eigenvalue weighted by atomic mass is 10.1. The van der Waals surface area contributed by atoms with Crippen molar-refractivity contribution in [1.82, 2.24) is 14.8 Å². The molecule has 0 fully saturated rings. The van der Waals surface area contributed by atoms with Crippen molar-refractivity contribution in [3.05, 3.63) is 36.6 Å². The Labute approximate surface area is 115 Å². The molecule has 0 amide bonds. The maximum atomic E-state index is 11.5. The van der Waals surface area contributed by atoms with Gasteiger partial charge < -0.3 is 15.6 Å². The minimum Gasteiger partial charge on any atom is -0.506 e. The van der Waals surface area contributed by atoms with E-state index in [4.69, 9.17) is 5.73 Å². The lowest BCUT2D eigenvalue weighted by Gasteiger charge is -2.07. The molecule has 2 rings (SSSR count). The predicted octanol–water partition coefficient (Wildman–Crippen LogP) is 0.660. The Morgan fingerprint density at radius 2 is 2.20 bits per heavy atom. The quantitative estimate of drug-likeness (QED) is 0.629. The van der Waals surface area contributed by atoms with Gasteiger partial charge in [0.2, 0.25) is 0 Å². The summed E-state index contributed by atoms with van der Waals surface area (Å²) in [7, 11) is 3.02. The molecule has 0 radical (unpaired) electrons. The third kappa shape index (κ3) is 2.46. The highest BCUT2D eigenvalue weighted by Crippen LogP contribution is 2.28. The zero-order chi connectivity index (χ0) is 14.7. The number of hydrogen-bond donors (Lipinski definition) is 2. The van der Waals surface area contributed by atoms with Crippen molar-refractivity contribution in [2.75, 3.05) is 7.11 Å². The summed E-state index contributed by atoms with van der Waals surface area (Å²) < 4.78 is 6.22. The number of ether oxygens (including phenoxy) is 1. The Balaban J connectivity index is 2.42. The van der Waals surface area contributed by atoms with E-state index in [1.807, 2.05) is 0 Å². The molecule has 0 aliphatic rings. The van der Waals surface area contributed by atoms with Crippen LogP contribution in [0.2, 0.25) is 0 Å². The zero-order valence-corrected chi connectivity index (χ0v) is 11.1. The van der Waals surface area contributed by atoms with Crippen molar-refractivity contribution >= 4 is 11.5 Å². The van der Waals surface area contributed by atoms with Gasteiger partial charge >= 0.3 is 5.97 Å². The standard InChI is InChI=1S/C13H14N4O3/c1-17-7-9(6-16-17)8-3-11(18)12(15-5-8)10(4-14)13(19)20-2/h3-7,18H,14H2,1-2H3. The van der Waals surface area contributed by atoms with E-state index in [2.05, 4.69) is 14.8 Å². The average Bonchev–Trinajstić information content (AvgIpc) is 2.87. The van der Waals surface area contributed by atoms with Crippen LogP contribution in [-0.4, -0.2) is 33.0 Å². The van der Waals surface area contributed by atoms with E-state index in [1.54, 1.807) is 24.1 Å². The number of rotatable bonds is 3. The van der Waals surface area contributed by atoms with E-state index in [0.717, 1.165) is 11.8 Å². The first-order valence-electron chi connectivity index (χ1n) is 5.75. The maximum absolute atomic E-state index is 11.5. The van der Waals surface area contributed by atoms with Crippen LogP contribution < -0.4 is 5.73 Å². The van der Waals surface area contributed by atoms with Crippen molar-refractivity contribution in [2.24, 2.45) is 12.8 Å². The largest absolute Gasteiger partial charge is 0.506 e. The number of nitrogens with zero attached hydrogens (tertiary/aromatic N) is 3. The minimum absolute atomic E-state index is 0.00253. The van der Waals surface area contributed by atoms with Gasteiger partial charge in [-0.05, 0) is 6.07 Å². The summed E-state index contributed by atoms with van der Waals surface area (Å²) in [5.74, 6) is -0.821. The lowest BCUT2D eigenvalue weighted by Crippen LogP contribution is -2.07. The smallest absolute Gasteiger partial charge is 0.341 e. The number of methoxy groups -OCH3 is 1. The number of pyridine rings is 1. The number of aromatic hydroxyl groups is 1. The van der Waals surface area contributed by atoms with E-state index in [-0.39, 0.29) is 17.0 Å². The Kier molecular flexibility index (Phi) is 3.69. The molecule has 0 saturated carbocycles. The SMILES string of the molecule is COC(=O)C(=CN)c1ncc(-c2cnn(C)c2)cc1O. The van der Waals surface area contributed by atoms with Gasteiger partial charge in [-0.25, -0.2) is 4.79 Å². The molecule has 2 heterocycles. The minimum atomic E-state index is -0.663. The summed E-state index contributed by atoms with van der Waals surface area (Å²) in [4.78, 5) is 15.6. The molecule has 0 unspecified atom stereocenters. The van der Waals surface area contributed by atoms with Crippen LogP contribution in [0.5, 0.6) is 5.75 Å². The van der Waals surface area contributed by atoms with Crippen molar-refractivity contribution < 1.29 is 14.6 Å². The Morgan fingerprint density at radius 3 is 2.70 bits per heavy atom. The van der Waals surface area contributed by atoms with E-state index < -0.39 is 5.97 Å². The van der Waals surface area contributed by atoms with Gasteiger partial charge in [-0.3, -0.25) is 9.67 Å². The fourth-order valence-corrected chi connectivity index (χ4v) is 1.74. The van der Waals surface area contributed by atoms with Gasteiger partial charge in [0, 0.05) is 36.8 Å². The summed E-state index contributed by atoms with van der Waals surface area (Å²) in [6.45, 7) is 0. The van der Waals surface area contributed by atoms with Gasteiger partial charge in [0.25, 0.3) is 0 Å². The third-order valence-electron chi connectivity index (χ3n) is 2.73. The van der Waals surface area contributed by atoms with Crippen LogP contribution >= 0.6 is 0 Å². The fraction of sp³-hybridized carbons (Fsp3) is 0.154. The predicted molar refractivity (Wildman–Crippen MR) is 72.3 cm³/mol. The number of aromatic nitrogens is 3. The number of aryl methyl sites for hydroxylation is 1. The summed E-state index contributed by atoms with van der Waals surface area (Å²) in [5.41, 5.74) is 6.94. The van der Waals surface area contributed by atoms with E-state index >= 15 is 0 Å². The van der Waals surface area contributed by atoms with Gasteiger partial charge in [0.05, 0.1) is 13.3 Å². The Morgan fingerprint density at radius 1 is 1.45 bits per heavy atom. The van der Waals surface area contributed by atoms with E-state index in [9.17, 15) is 9.90 Å². The summed E-state index contributed by atoms with van der Waals surface area (Å²) in [6, 6.07) is 1.49. The average molecular weight is 274 g/mol. The molecule has 0 spiro atoms. The van der Waals surface area contributed by atoms with Crippen LogP contribution in [0.4, 0.5) is 0 Å². The molecule has 0 aliphatic heterocycles. The molecule has 20 heavy (non-hydrogen) atoms. The van der Waals surface area contributed by atoms with Gasteiger partial charge in [-0.15, -0.1) is 0 Å². The Hall–Kier alpha value is -2.83. The second-order valence-corrected chi connectivity index (χ2v) is 4.07. The number of hydrogen-bond acceptors (Lipinski definition) is 6. The Bertz CT molecular complexity index is 676. The van der Waals surface area contributed by atoms with Crippen LogP contribution in [0.25, 0.3) is 16.7 Å². The highest BCUT2D eigenvalue weighted by atomic mass is 16.5. The van der Waals surface area contributed by atoms with E-state index in [0.29, 0.717) is 5.56 Å². The molecule has 7 heteroatoms. The summed E-state index contributed by atoms with van der Waals surface area (Å²) in [6.07, 6.45) is 6.02. The first kappa shape index (κ1) is 13.6. The van der Waals surface area contributed by atoms with Gasteiger partial charge in [-0.2, -0.15) is 5.10 Å². The van der Waals surface area contributed by atoms with Gasteiger partial charge in [0.1, 0.15) is 17.0 Å². The normalized spacial score (nSPS) is 11.4. The molecule has 7 nitrogen and oxygen atoms in total. The molecule has 0 bridgehead atoms. The topological polar surface area (TPSA) is 103 Å². The molecular weight excluding hydrogens is 260 g/mol. The number of carbonyl (C=O) groups is 1. The zero-order valence-electron chi connectivity index (χ0n) is 11.1. The van der Waals surface area contributed by atoms with Crippen molar-refractivity contribution in [3.8, 4) is 16.9 Å². The van der Waals surface area contributed by atoms with Gasteiger partial charge in [0.15, 0.2) is 0 Å². The van der Waals surface area contributed by atoms with Crippen molar-refractivity contribution in [3.63, 3.8) is 0 Å². The van der Waals surface area contributed by atoms with Crippen LogP contribution in [0.3, 0.4) is 0 Å². The fourth-order valence-electron chi connectivity index (χ4n) is 1.74. The maximum Gasteiger partial charge on any atom is 0.341 e. The highest BCUT2D eigenvalue weighted by molar-refractivity contribution is 6.16. The third-order valence-corrected chi connectivity index (χ3v) is 2.73. The number of nitrogens with two attached hydrogens (primary N) is 1. The van der Waals surface area contributed by atoms with Gasteiger partial charge in [-0.1, -0.05) is 0 Å². The molecule has 0 saturated heterocycles. The molecule has 0 aliphatic carbocycles. The summed E-state index contributed by atoms with van der Waals surface area (Å²) in [5, 5.41) is 14.1. The summed E-state index contributed by atoms with van der Waals surface area (Å²) >= 11 is 0. The molecule has 2 aromatic heterocycles. The molecule has 0 atom stereocenters. The monoisotopic (exact) mass is 274 g/mol. The first-order valence-corrected chi connectivity index (χ1v) is 5.75. The second-order valence-electron chi connectivity index (χ2n) is 4.07. The molecule has 0 aromatic carbocycles. The molecule has 2 aromatic rings. The second kappa shape index (κ2) is 5.43. The molecule has 3 N–H and O–H groups in total. The highest BCUT2D eigenvalue weighted by Gasteiger charge is 2.18. The van der Waals surface area contributed by atoms with Crippen molar-refractivity contribution in [2.45, 2.75) is 0 Å². The first-order chi connectivity index (χ1) is 9.56. The number of esters is 1. The molecule has 104 valence electrons. The molecular formula is C13H14N4O3. The van der Waals surface area contributed by atoms with E-state index in [1.165, 1.54) is 19.4 Å².